The Hall–Kier alpha value is -1.79. The van der Waals surface area contributed by atoms with E-state index in [9.17, 15) is 4.79 Å². The Balaban J connectivity index is 2.15. The van der Waals surface area contributed by atoms with Gasteiger partial charge in [-0.25, -0.2) is 0 Å². The van der Waals surface area contributed by atoms with Crippen LogP contribution in [0.4, 0.5) is 11.4 Å². The molecule has 1 aromatic rings. The van der Waals surface area contributed by atoms with Crippen LogP contribution in [0.3, 0.4) is 0 Å². The Morgan fingerprint density at radius 1 is 1.35 bits per heavy atom. The van der Waals surface area contributed by atoms with Gasteiger partial charge in [0.15, 0.2) is 0 Å². The van der Waals surface area contributed by atoms with Crippen molar-refractivity contribution < 1.29 is 9.53 Å². The zero-order valence-corrected chi connectivity index (χ0v) is 14.3. The summed E-state index contributed by atoms with van der Waals surface area (Å²) in [5, 5.41) is 6.38. The molecular formula is C17H28N4O2. The number of hydrogen-bond donors (Lipinski definition) is 3. The van der Waals surface area contributed by atoms with E-state index in [1.54, 1.807) is 25.3 Å². The molecule has 0 saturated carbocycles. The van der Waals surface area contributed by atoms with Gasteiger partial charge in [0.25, 0.3) is 0 Å². The summed E-state index contributed by atoms with van der Waals surface area (Å²) in [4.78, 5) is 15.1. The Morgan fingerprint density at radius 2 is 2.13 bits per heavy atom. The maximum absolute atomic E-state index is 12.9. The molecule has 6 nitrogen and oxygen atoms in total. The van der Waals surface area contributed by atoms with Crippen molar-refractivity contribution in [1.29, 1.82) is 0 Å². The van der Waals surface area contributed by atoms with Crippen molar-refractivity contribution >= 4 is 17.3 Å². The third-order valence-electron chi connectivity index (χ3n) is 4.15. The molecule has 1 aliphatic heterocycles. The van der Waals surface area contributed by atoms with Crippen LogP contribution >= 0.6 is 0 Å². The molecular weight excluding hydrogens is 292 g/mol. The molecule has 1 fully saturated rings. The number of ether oxygens (including phenoxy) is 1. The van der Waals surface area contributed by atoms with Gasteiger partial charge in [0.2, 0.25) is 5.91 Å². The zero-order chi connectivity index (χ0) is 16.8. The molecule has 4 N–H and O–H groups in total. The van der Waals surface area contributed by atoms with E-state index in [0.29, 0.717) is 17.1 Å². The third-order valence-corrected chi connectivity index (χ3v) is 4.15. The first kappa shape index (κ1) is 17.6. The molecule has 1 unspecified atom stereocenters. The lowest BCUT2D eigenvalue weighted by molar-refractivity contribution is -0.122. The Morgan fingerprint density at radius 3 is 2.83 bits per heavy atom. The normalized spacial score (nSPS) is 17.6. The summed E-state index contributed by atoms with van der Waals surface area (Å²) in [6, 6.07) is 5.11. The molecule has 1 atom stereocenters. The second kappa shape index (κ2) is 8.17. The highest BCUT2D eigenvalue weighted by atomic mass is 16.5. The number of methoxy groups -OCH3 is 1. The van der Waals surface area contributed by atoms with Crippen LogP contribution in [0.5, 0.6) is 5.75 Å². The van der Waals surface area contributed by atoms with E-state index in [2.05, 4.69) is 29.4 Å². The van der Waals surface area contributed by atoms with Crippen LogP contribution in [0, 0.1) is 5.92 Å². The molecule has 1 amide bonds. The number of carbonyl (C=O) groups excluding carboxylic acids is 1. The van der Waals surface area contributed by atoms with Gasteiger partial charge >= 0.3 is 0 Å². The predicted molar refractivity (Wildman–Crippen MR) is 93.7 cm³/mol. The van der Waals surface area contributed by atoms with Gasteiger partial charge in [-0.15, -0.1) is 0 Å². The number of carbonyl (C=O) groups is 1. The molecule has 0 aliphatic carbocycles. The first-order valence-corrected chi connectivity index (χ1v) is 8.22. The molecule has 1 heterocycles. The molecule has 1 aromatic carbocycles. The van der Waals surface area contributed by atoms with Crippen molar-refractivity contribution in [3.63, 3.8) is 0 Å². The van der Waals surface area contributed by atoms with Crippen LogP contribution in [0.25, 0.3) is 0 Å². The SMILES string of the molecule is COc1cc(N)ccc1NC(=O)C(C(C)C)N1CCCNCC1. The van der Waals surface area contributed by atoms with Crippen molar-refractivity contribution in [2.75, 3.05) is 44.3 Å². The van der Waals surface area contributed by atoms with Crippen LogP contribution in [-0.4, -0.2) is 50.1 Å². The first-order chi connectivity index (χ1) is 11.0. The Bertz CT molecular complexity index is 525. The van der Waals surface area contributed by atoms with Gasteiger partial charge in [0, 0.05) is 31.4 Å². The number of hydrogen-bond acceptors (Lipinski definition) is 5. The van der Waals surface area contributed by atoms with Gasteiger partial charge in [0.05, 0.1) is 18.8 Å². The number of benzene rings is 1. The van der Waals surface area contributed by atoms with E-state index < -0.39 is 0 Å². The molecule has 6 heteroatoms. The van der Waals surface area contributed by atoms with Crippen molar-refractivity contribution in [3.05, 3.63) is 18.2 Å². The Kier molecular flexibility index (Phi) is 6.24. The van der Waals surface area contributed by atoms with Crippen molar-refractivity contribution in [2.24, 2.45) is 5.92 Å². The summed E-state index contributed by atoms with van der Waals surface area (Å²) < 4.78 is 5.31. The lowest BCUT2D eigenvalue weighted by atomic mass is 10.0. The maximum atomic E-state index is 12.9. The topological polar surface area (TPSA) is 79.6 Å². The summed E-state index contributed by atoms with van der Waals surface area (Å²) in [7, 11) is 1.57. The van der Waals surface area contributed by atoms with E-state index in [4.69, 9.17) is 10.5 Å². The van der Waals surface area contributed by atoms with Gasteiger partial charge in [0.1, 0.15) is 5.75 Å². The van der Waals surface area contributed by atoms with Crippen LogP contribution in [-0.2, 0) is 4.79 Å². The van der Waals surface area contributed by atoms with Crippen molar-refractivity contribution in [3.8, 4) is 5.75 Å². The molecule has 1 aliphatic rings. The van der Waals surface area contributed by atoms with Gasteiger partial charge < -0.3 is 21.1 Å². The van der Waals surface area contributed by atoms with E-state index in [1.165, 1.54) is 0 Å². The fraction of sp³-hybridized carbons (Fsp3) is 0.588. The number of nitrogens with one attached hydrogen (secondary N) is 2. The Labute approximate surface area is 138 Å². The van der Waals surface area contributed by atoms with Crippen molar-refractivity contribution in [2.45, 2.75) is 26.3 Å². The highest BCUT2D eigenvalue weighted by Crippen LogP contribution is 2.27. The van der Waals surface area contributed by atoms with Crippen LogP contribution in [0.2, 0.25) is 0 Å². The molecule has 1 saturated heterocycles. The minimum atomic E-state index is -0.155. The number of amides is 1. The summed E-state index contributed by atoms with van der Waals surface area (Å²) >= 11 is 0. The molecule has 0 spiro atoms. The summed E-state index contributed by atoms with van der Waals surface area (Å²) in [5.41, 5.74) is 7.04. The standard InChI is InChI=1S/C17H28N4O2/c1-12(2)16(21-9-4-7-19-8-10-21)17(22)20-14-6-5-13(18)11-15(14)23-3/h5-6,11-12,16,19H,4,7-10,18H2,1-3H3,(H,20,22). The van der Waals surface area contributed by atoms with E-state index in [-0.39, 0.29) is 17.9 Å². The van der Waals surface area contributed by atoms with Gasteiger partial charge in [-0.3, -0.25) is 9.69 Å². The number of rotatable bonds is 5. The molecule has 0 radical (unpaired) electrons. The molecule has 0 bridgehead atoms. The monoisotopic (exact) mass is 320 g/mol. The lowest BCUT2D eigenvalue weighted by Crippen LogP contribution is -2.48. The van der Waals surface area contributed by atoms with E-state index in [0.717, 1.165) is 32.6 Å². The van der Waals surface area contributed by atoms with E-state index >= 15 is 0 Å². The second-order valence-electron chi connectivity index (χ2n) is 6.28. The summed E-state index contributed by atoms with van der Waals surface area (Å²) in [5.74, 6) is 0.816. The fourth-order valence-electron chi connectivity index (χ4n) is 3.05. The average molecular weight is 320 g/mol. The lowest BCUT2D eigenvalue weighted by Gasteiger charge is -2.32. The van der Waals surface area contributed by atoms with Crippen LogP contribution in [0.1, 0.15) is 20.3 Å². The highest BCUT2D eigenvalue weighted by Gasteiger charge is 2.29. The average Bonchev–Trinajstić information content (AvgIpc) is 2.78. The van der Waals surface area contributed by atoms with Crippen LogP contribution < -0.4 is 21.1 Å². The highest BCUT2D eigenvalue weighted by molar-refractivity contribution is 5.96. The minimum Gasteiger partial charge on any atom is -0.494 e. The number of nitrogens with zero attached hydrogens (tertiary/aromatic N) is 1. The summed E-state index contributed by atoms with van der Waals surface area (Å²) in [6.07, 6.45) is 1.06. The molecule has 23 heavy (non-hydrogen) atoms. The van der Waals surface area contributed by atoms with Crippen LogP contribution in [0.15, 0.2) is 18.2 Å². The fourth-order valence-corrected chi connectivity index (χ4v) is 3.05. The van der Waals surface area contributed by atoms with Crippen molar-refractivity contribution in [1.82, 2.24) is 10.2 Å². The first-order valence-electron chi connectivity index (χ1n) is 8.22. The predicted octanol–water partition coefficient (Wildman–Crippen LogP) is 1.54. The van der Waals surface area contributed by atoms with E-state index in [1.807, 2.05) is 0 Å². The number of nitrogens with two attached hydrogens (primary N) is 1. The van der Waals surface area contributed by atoms with Gasteiger partial charge in [-0.1, -0.05) is 13.8 Å². The molecule has 128 valence electrons. The number of anilines is 2. The largest absolute Gasteiger partial charge is 0.494 e. The van der Waals surface area contributed by atoms with Gasteiger partial charge in [-0.2, -0.15) is 0 Å². The summed E-state index contributed by atoms with van der Waals surface area (Å²) in [6.45, 7) is 7.92. The number of nitrogen functional groups attached to an aromatic ring is 1. The maximum Gasteiger partial charge on any atom is 0.242 e. The third kappa shape index (κ3) is 4.59. The molecule has 2 rings (SSSR count). The minimum absolute atomic E-state index is 0.00460. The molecule has 0 aromatic heterocycles. The smallest absolute Gasteiger partial charge is 0.242 e. The van der Waals surface area contributed by atoms with Gasteiger partial charge in [-0.05, 0) is 31.0 Å². The second-order valence-corrected chi connectivity index (χ2v) is 6.28. The zero-order valence-electron chi connectivity index (χ0n) is 14.3. The quantitative estimate of drug-likeness (QED) is 0.717.